The summed E-state index contributed by atoms with van der Waals surface area (Å²) in [7, 11) is 0. The average Bonchev–Trinajstić information content (AvgIpc) is 2.41. The number of nitrogens with two attached hydrogens (primary N) is 1. The summed E-state index contributed by atoms with van der Waals surface area (Å²) < 4.78 is 5.15. The monoisotopic (exact) mass is 280 g/mol. The number of hydrogen-bond acceptors (Lipinski definition) is 6. The van der Waals surface area contributed by atoms with Crippen molar-refractivity contribution in [3.8, 4) is 5.75 Å². The second-order valence-electron chi connectivity index (χ2n) is 4.13. The number of pyridine rings is 1. The van der Waals surface area contributed by atoms with Crippen molar-refractivity contribution in [3.63, 3.8) is 0 Å². The number of nitro groups is 1. The Morgan fingerprint density at radius 3 is 2.90 bits per heavy atom. The van der Waals surface area contributed by atoms with E-state index in [1.165, 1.54) is 6.07 Å². The summed E-state index contributed by atoms with van der Waals surface area (Å²) in [4.78, 5) is 38.3. The number of carbonyl (C=O) groups is 2. The summed E-state index contributed by atoms with van der Waals surface area (Å²) >= 11 is 0. The van der Waals surface area contributed by atoms with Gasteiger partial charge in [-0.1, -0.05) is 6.92 Å². The maximum Gasteiger partial charge on any atom is 0.366 e. The molecule has 0 saturated carbocycles. The lowest BCUT2D eigenvalue weighted by molar-refractivity contribution is -0.389. The Labute approximate surface area is 113 Å². The molecule has 1 aromatic heterocycles. The number of aromatic nitrogens is 1. The van der Waals surface area contributed by atoms with Crippen LogP contribution in [0.1, 0.15) is 13.3 Å². The molecule has 9 nitrogen and oxygen atoms in total. The topological polar surface area (TPSA) is 129 Å². The number of nitrogens with zero attached hydrogens (tertiary/aromatic N) is 3. The fraction of sp³-hybridized carbons (Fsp3) is 0.364. The Hall–Kier alpha value is -2.71. The Balaban J connectivity index is 2.54. The molecule has 2 rings (SSSR count). The zero-order valence-corrected chi connectivity index (χ0v) is 10.6. The van der Waals surface area contributed by atoms with Crippen LogP contribution in [0.25, 0.3) is 0 Å². The number of ether oxygens (including phenoxy) is 1. The number of anilines is 1. The number of primary amides is 1. The third-order valence-electron chi connectivity index (χ3n) is 2.89. The average molecular weight is 280 g/mol. The molecular weight excluding hydrogens is 268 g/mol. The van der Waals surface area contributed by atoms with Crippen LogP contribution in [0.4, 0.5) is 11.6 Å². The molecule has 1 unspecified atom stereocenters. The van der Waals surface area contributed by atoms with E-state index in [9.17, 15) is 19.7 Å². The summed E-state index contributed by atoms with van der Waals surface area (Å²) in [5, 5.41) is 10.8. The minimum atomic E-state index is -0.917. The van der Waals surface area contributed by atoms with Gasteiger partial charge in [0.1, 0.15) is 6.04 Å². The molecule has 0 saturated heterocycles. The van der Waals surface area contributed by atoms with Crippen LogP contribution in [0.5, 0.6) is 5.75 Å². The summed E-state index contributed by atoms with van der Waals surface area (Å²) in [6.45, 7) is 1.41. The first kappa shape index (κ1) is 13.7. The van der Waals surface area contributed by atoms with Crippen LogP contribution < -0.4 is 15.4 Å². The molecule has 2 heterocycles. The molecule has 1 aliphatic rings. The van der Waals surface area contributed by atoms with E-state index in [0.717, 1.165) is 11.0 Å². The van der Waals surface area contributed by atoms with Crippen LogP contribution in [0.3, 0.4) is 0 Å². The van der Waals surface area contributed by atoms with Crippen molar-refractivity contribution < 1.29 is 19.2 Å². The first-order valence-electron chi connectivity index (χ1n) is 5.85. The highest BCUT2D eigenvalue weighted by molar-refractivity contribution is 6.02. The SMILES string of the molecule is CCC(C(N)=O)N1C(=O)COc2ccc([N+](=O)[O-])nc21. The zero-order chi connectivity index (χ0) is 14.9. The number of amides is 2. The van der Waals surface area contributed by atoms with Gasteiger partial charge in [0, 0.05) is 6.07 Å². The van der Waals surface area contributed by atoms with Gasteiger partial charge < -0.3 is 20.6 Å². The molecule has 0 aromatic carbocycles. The van der Waals surface area contributed by atoms with Crippen LogP contribution in [-0.4, -0.2) is 34.4 Å². The molecule has 1 atom stereocenters. The van der Waals surface area contributed by atoms with Crippen LogP contribution in [0.15, 0.2) is 12.1 Å². The van der Waals surface area contributed by atoms with Crippen molar-refractivity contribution in [1.29, 1.82) is 0 Å². The van der Waals surface area contributed by atoms with Crippen molar-refractivity contribution in [2.45, 2.75) is 19.4 Å². The fourth-order valence-electron chi connectivity index (χ4n) is 1.97. The standard InChI is InChI=1S/C11H12N4O5/c1-2-6(10(12)17)14-9(16)5-20-7-3-4-8(15(18)19)13-11(7)14/h3-4,6H,2,5H2,1H3,(H2,12,17). The second-order valence-corrected chi connectivity index (χ2v) is 4.13. The van der Waals surface area contributed by atoms with Crippen molar-refractivity contribution >= 4 is 23.5 Å². The maximum atomic E-state index is 11.9. The second kappa shape index (κ2) is 5.11. The molecule has 20 heavy (non-hydrogen) atoms. The summed E-state index contributed by atoms with van der Waals surface area (Å²) in [5.41, 5.74) is 5.26. The molecule has 9 heteroatoms. The highest BCUT2D eigenvalue weighted by atomic mass is 16.6. The first-order valence-corrected chi connectivity index (χ1v) is 5.85. The molecule has 0 aliphatic carbocycles. The van der Waals surface area contributed by atoms with Crippen LogP contribution in [0, 0.1) is 10.1 Å². The molecular formula is C11H12N4O5. The highest BCUT2D eigenvalue weighted by Gasteiger charge is 2.38. The van der Waals surface area contributed by atoms with Gasteiger partial charge >= 0.3 is 5.82 Å². The summed E-state index contributed by atoms with van der Waals surface area (Å²) in [6.07, 6.45) is 0.269. The number of fused-ring (bicyclic) bond motifs is 1. The van der Waals surface area contributed by atoms with E-state index in [0.29, 0.717) is 0 Å². The van der Waals surface area contributed by atoms with E-state index >= 15 is 0 Å². The molecule has 2 N–H and O–H groups in total. The van der Waals surface area contributed by atoms with E-state index in [4.69, 9.17) is 10.5 Å². The minimum absolute atomic E-state index is 0.0545. The quantitative estimate of drug-likeness (QED) is 0.609. The normalized spacial score (nSPS) is 15.2. The van der Waals surface area contributed by atoms with Crippen molar-refractivity contribution in [2.24, 2.45) is 5.73 Å². The number of carbonyl (C=O) groups excluding carboxylic acids is 2. The van der Waals surface area contributed by atoms with Gasteiger partial charge in [-0.3, -0.25) is 14.5 Å². The minimum Gasteiger partial charge on any atom is -0.477 e. The predicted octanol–water partition coefficient (Wildman–Crippen LogP) is -0.0209. The Kier molecular flexibility index (Phi) is 3.51. The van der Waals surface area contributed by atoms with E-state index < -0.39 is 28.6 Å². The smallest absolute Gasteiger partial charge is 0.366 e. The number of hydrogen-bond donors (Lipinski definition) is 1. The third-order valence-corrected chi connectivity index (χ3v) is 2.89. The largest absolute Gasteiger partial charge is 0.477 e. The van der Waals surface area contributed by atoms with Gasteiger partial charge in [-0.25, -0.2) is 0 Å². The van der Waals surface area contributed by atoms with Crippen molar-refractivity contribution in [3.05, 3.63) is 22.2 Å². The molecule has 0 fully saturated rings. The summed E-state index contributed by atoms with van der Waals surface area (Å²) in [5.74, 6) is -1.51. The van der Waals surface area contributed by atoms with Crippen LogP contribution in [-0.2, 0) is 9.59 Å². The number of rotatable bonds is 4. The zero-order valence-electron chi connectivity index (χ0n) is 10.6. The highest BCUT2D eigenvalue weighted by Crippen LogP contribution is 2.33. The Morgan fingerprint density at radius 1 is 1.65 bits per heavy atom. The van der Waals surface area contributed by atoms with Crippen LogP contribution in [0.2, 0.25) is 0 Å². The van der Waals surface area contributed by atoms with E-state index in [-0.39, 0.29) is 24.6 Å². The summed E-state index contributed by atoms with van der Waals surface area (Å²) in [6, 6.07) is 1.59. The van der Waals surface area contributed by atoms with Gasteiger partial charge in [0.15, 0.2) is 12.4 Å². The van der Waals surface area contributed by atoms with Gasteiger partial charge in [0.25, 0.3) is 11.7 Å². The molecule has 0 bridgehead atoms. The first-order chi connectivity index (χ1) is 9.45. The lowest BCUT2D eigenvalue weighted by Gasteiger charge is -2.30. The lowest BCUT2D eigenvalue weighted by atomic mass is 10.1. The third kappa shape index (κ3) is 2.25. The van der Waals surface area contributed by atoms with E-state index in [1.807, 2.05) is 0 Å². The van der Waals surface area contributed by atoms with Crippen molar-refractivity contribution in [2.75, 3.05) is 11.5 Å². The van der Waals surface area contributed by atoms with Crippen molar-refractivity contribution in [1.82, 2.24) is 4.98 Å². The molecule has 106 valence electrons. The molecule has 2 amide bonds. The van der Waals surface area contributed by atoms with Gasteiger partial charge in [-0.2, -0.15) is 0 Å². The van der Waals surface area contributed by atoms with Gasteiger partial charge in [-0.15, -0.1) is 0 Å². The maximum absolute atomic E-state index is 11.9. The Bertz CT molecular complexity index is 588. The van der Waals surface area contributed by atoms with Gasteiger partial charge in [0.2, 0.25) is 5.91 Å². The fourth-order valence-corrected chi connectivity index (χ4v) is 1.97. The molecule has 0 radical (unpaired) electrons. The van der Waals surface area contributed by atoms with Gasteiger partial charge in [-0.05, 0) is 22.4 Å². The molecule has 1 aliphatic heterocycles. The molecule has 1 aromatic rings. The Morgan fingerprint density at radius 2 is 2.35 bits per heavy atom. The lowest BCUT2D eigenvalue weighted by Crippen LogP contribution is -2.51. The molecule has 0 spiro atoms. The van der Waals surface area contributed by atoms with E-state index in [1.54, 1.807) is 6.92 Å². The predicted molar refractivity (Wildman–Crippen MR) is 67.1 cm³/mol. The van der Waals surface area contributed by atoms with Gasteiger partial charge in [0.05, 0.1) is 0 Å². The van der Waals surface area contributed by atoms with E-state index in [2.05, 4.69) is 4.98 Å². The van der Waals surface area contributed by atoms with Crippen LogP contribution >= 0.6 is 0 Å².